The van der Waals surface area contributed by atoms with Crippen LogP contribution in [0.3, 0.4) is 0 Å². The molecule has 2 atom stereocenters. The van der Waals surface area contributed by atoms with Gasteiger partial charge in [0.25, 0.3) is 0 Å². The summed E-state index contributed by atoms with van der Waals surface area (Å²) < 4.78 is 6.10. The fraction of sp³-hybridized carbons (Fsp3) is 0.682. The van der Waals surface area contributed by atoms with Crippen LogP contribution in [0.15, 0.2) is 29.3 Å². The molecule has 5 nitrogen and oxygen atoms in total. The van der Waals surface area contributed by atoms with Gasteiger partial charge in [0.1, 0.15) is 6.10 Å². The molecule has 2 saturated heterocycles. The van der Waals surface area contributed by atoms with Crippen molar-refractivity contribution < 1.29 is 4.74 Å². The summed E-state index contributed by atoms with van der Waals surface area (Å²) in [6, 6.07) is 8.55. The number of halogens is 1. The van der Waals surface area contributed by atoms with E-state index in [-0.39, 0.29) is 30.1 Å². The van der Waals surface area contributed by atoms with Gasteiger partial charge in [-0.05, 0) is 56.8 Å². The molecule has 0 saturated carbocycles. The second-order valence-corrected chi connectivity index (χ2v) is 7.76. The Morgan fingerprint density at radius 3 is 2.79 bits per heavy atom. The lowest BCUT2D eigenvalue weighted by Crippen LogP contribution is -2.48. The van der Waals surface area contributed by atoms with Crippen molar-refractivity contribution >= 4 is 29.9 Å². The number of nitrogens with one attached hydrogen (secondary N) is 1. The van der Waals surface area contributed by atoms with Gasteiger partial charge in [-0.1, -0.05) is 31.2 Å². The highest BCUT2D eigenvalue weighted by Crippen LogP contribution is 2.25. The zero-order valence-corrected chi connectivity index (χ0v) is 20.0. The van der Waals surface area contributed by atoms with E-state index in [4.69, 9.17) is 9.73 Å². The van der Waals surface area contributed by atoms with Crippen LogP contribution < -0.4 is 5.32 Å². The van der Waals surface area contributed by atoms with E-state index in [0.29, 0.717) is 5.92 Å². The zero-order valence-electron chi connectivity index (χ0n) is 17.7. The number of likely N-dealkylation sites (tertiary alicyclic amines) is 1. The molecule has 2 fully saturated rings. The first-order chi connectivity index (χ1) is 13.2. The number of piperidine rings is 1. The minimum Gasteiger partial charge on any atom is -0.370 e. The van der Waals surface area contributed by atoms with Crippen molar-refractivity contribution in [3.05, 3.63) is 35.4 Å². The number of hydrogen-bond acceptors (Lipinski definition) is 3. The van der Waals surface area contributed by atoms with Gasteiger partial charge in [-0.15, -0.1) is 24.0 Å². The monoisotopic (exact) mass is 500 g/mol. The quantitative estimate of drug-likeness (QED) is 0.381. The molecule has 1 N–H and O–H groups in total. The third kappa shape index (κ3) is 6.32. The van der Waals surface area contributed by atoms with E-state index in [9.17, 15) is 0 Å². The molecule has 2 heterocycles. The van der Waals surface area contributed by atoms with Crippen molar-refractivity contribution in [2.45, 2.75) is 39.7 Å². The summed E-state index contributed by atoms with van der Waals surface area (Å²) in [5.74, 6) is 1.73. The van der Waals surface area contributed by atoms with E-state index in [1.807, 2.05) is 0 Å². The van der Waals surface area contributed by atoms with Gasteiger partial charge in [0.15, 0.2) is 5.96 Å². The first-order valence-corrected chi connectivity index (χ1v) is 10.6. The summed E-state index contributed by atoms with van der Waals surface area (Å²) >= 11 is 0. The fourth-order valence-electron chi connectivity index (χ4n) is 4.21. The predicted octanol–water partition coefficient (Wildman–Crippen LogP) is 3.68. The van der Waals surface area contributed by atoms with Gasteiger partial charge in [0.2, 0.25) is 0 Å². The molecule has 2 aliphatic rings. The maximum absolute atomic E-state index is 6.10. The van der Waals surface area contributed by atoms with Crippen molar-refractivity contribution in [3.8, 4) is 0 Å². The van der Waals surface area contributed by atoms with Crippen molar-refractivity contribution in [3.63, 3.8) is 0 Å². The smallest absolute Gasteiger partial charge is 0.194 e. The lowest BCUT2D eigenvalue weighted by molar-refractivity contribution is -0.00837. The largest absolute Gasteiger partial charge is 0.370 e. The summed E-state index contributed by atoms with van der Waals surface area (Å²) in [5.41, 5.74) is 2.59. The average Bonchev–Trinajstić information content (AvgIpc) is 2.71. The molecule has 0 spiro atoms. The first-order valence-electron chi connectivity index (χ1n) is 10.6. The van der Waals surface area contributed by atoms with Crippen LogP contribution in [0.4, 0.5) is 0 Å². The highest BCUT2D eigenvalue weighted by atomic mass is 127. The van der Waals surface area contributed by atoms with E-state index in [0.717, 1.165) is 45.3 Å². The van der Waals surface area contributed by atoms with Crippen molar-refractivity contribution in [1.29, 1.82) is 0 Å². The molecule has 0 amide bonds. The number of rotatable bonds is 5. The Morgan fingerprint density at radius 1 is 1.21 bits per heavy atom. The second-order valence-electron chi connectivity index (χ2n) is 7.76. The Labute approximate surface area is 187 Å². The second kappa shape index (κ2) is 12.0. The van der Waals surface area contributed by atoms with Gasteiger partial charge in [-0.25, -0.2) is 0 Å². The van der Waals surface area contributed by atoms with Crippen molar-refractivity contribution in [2.75, 3.05) is 52.4 Å². The van der Waals surface area contributed by atoms with E-state index < -0.39 is 0 Å². The van der Waals surface area contributed by atoms with Gasteiger partial charge in [0.05, 0.1) is 13.2 Å². The van der Waals surface area contributed by atoms with Gasteiger partial charge in [-0.3, -0.25) is 4.99 Å². The van der Waals surface area contributed by atoms with Crippen LogP contribution in [0.25, 0.3) is 0 Å². The predicted molar refractivity (Wildman–Crippen MR) is 128 cm³/mol. The topological polar surface area (TPSA) is 40.1 Å². The molecule has 0 aromatic heterocycles. The van der Waals surface area contributed by atoms with Crippen molar-refractivity contribution in [1.82, 2.24) is 15.1 Å². The summed E-state index contributed by atoms with van der Waals surface area (Å²) in [7, 11) is 0. The lowest BCUT2D eigenvalue weighted by atomic mass is 9.98. The molecule has 158 valence electrons. The maximum Gasteiger partial charge on any atom is 0.194 e. The summed E-state index contributed by atoms with van der Waals surface area (Å²) in [6.45, 7) is 14.5. The summed E-state index contributed by atoms with van der Waals surface area (Å²) in [5, 5.41) is 3.51. The summed E-state index contributed by atoms with van der Waals surface area (Å²) in [4.78, 5) is 9.96. The third-order valence-corrected chi connectivity index (χ3v) is 5.79. The van der Waals surface area contributed by atoms with Gasteiger partial charge >= 0.3 is 0 Å². The Bertz CT molecular complexity index is 624. The van der Waals surface area contributed by atoms with Crippen LogP contribution >= 0.6 is 24.0 Å². The first kappa shape index (κ1) is 23.4. The Balaban J connectivity index is 0.00000280. The zero-order chi connectivity index (χ0) is 19.1. The highest BCUT2D eigenvalue weighted by Gasteiger charge is 2.25. The maximum atomic E-state index is 6.10. The molecule has 0 aliphatic carbocycles. The number of hydrogen-bond donors (Lipinski definition) is 1. The lowest BCUT2D eigenvalue weighted by Gasteiger charge is -2.36. The van der Waals surface area contributed by atoms with Gasteiger partial charge < -0.3 is 19.9 Å². The number of guanidine groups is 1. The molecule has 2 unspecified atom stereocenters. The molecule has 0 bridgehead atoms. The van der Waals surface area contributed by atoms with Crippen molar-refractivity contribution in [2.24, 2.45) is 10.9 Å². The molecule has 6 heteroatoms. The third-order valence-electron chi connectivity index (χ3n) is 5.79. The number of aliphatic imine (C=N–C) groups is 1. The van der Waals surface area contributed by atoms with E-state index >= 15 is 0 Å². The molecular formula is C22H37IN4O. The van der Waals surface area contributed by atoms with Gasteiger partial charge in [0, 0.05) is 26.2 Å². The molecular weight excluding hydrogens is 463 g/mol. The summed E-state index contributed by atoms with van der Waals surface area (Å²) in [6.07, 6.45) is 2.72. The van der Waals surface area contributed by atoms with E-state index in [1.54, 1.807) is 0 Å². The molecule has 0 radical (unpaired) electrons. The van der Waals surface area contributed by atoms with Crippen LogP contribution in [0.2, 0.25) is 0 Å². The van der Waals surface area contributed by atoms with E-state index in [1.165, 1.54) is 37.1 Å². The van der Waals surface area contributed by atoms with E-state index in [2.05, 4.69) is 60.2 Å². The Morgan fingerprint density at radius 2 is 2.04 bits per heavy atom. The minimum absolute atomic E-state index is 0. The van der Waals surface area contributed by atoms with Crippen LogP contribution in [0, 0.1) is 12.8 Å². The van der Waals surface area contributed by atoms with Crippen LogP contribution in [0.1, 0.15) is 43.9 Å². The van der Waals surface area contributed by atoms with Crippen LogP contribution in [0.5, 0.6) is 0 Å². The number of ether oxygens (including phenoxy) is 1. The van der Waals surface area contributed by atoms with Crippen LogP contribution in [-0.4, -0.2) is 68.2 Å². The number of aryl methyl sites for hydroxylation is 1. The molecule has 3 rings (SSSR count). The fourth-order valence-corrected chi connectivity index (χ4v) is 4.21. The average molecular weight is 500 g/mol. The number of nitrogens with zero attached hydrogens (tertiary/aromatic N) is 3. The normalized spacial score (nSPS) is 24.0. The van der Waals surface area contributed by atoms with Crippen LogP contribution in [-0.2, 0) is 4.74 Å². The molecule has 1 aromatic rings. The standard InChI is InChI=1S/C22H36N4O.HI/c1-4-23-22(24-15-19-10-8-12-25(5-2)16-19)26-13-14-27-21(17-26)20-11-7-6-9-18(20)3;/h6-7,9,11,19,21H,4-5,8,10,12-17H2,1-3H3,(H,23,24);1H. The number of morpholine rings is 1. The molecule has 28 heavy (non-hydrogen) atoms. The highest BCUT2D eigenvalue weighted by molar-refractivity contribution is 14.0. The Hall–Kier alpha value is -0.860. The minimum atomic E-state index is 0. The molecule has 2 aliphatic heterocycles. The molecule has 1 aromatic carbocycles. The number of benzene rings is 1. The Kier molecular flexibility index (Phi) is 10.0. The SMILES string of the molecule is CCNC(=NCC1CCCN(CC)C1)N1CCOC(c2ccccc2C)C1.I. The van der Waals surface area contributed by atoms with Gasteiger partial charge in [-0.2, -0.15) is 0 Å².